The maximum absolute atomic E-state index is 12.6. The smallest absolute Gasteiger partial charge is 0.417 e. The summed E-state index contributed by atoms with van der Waals surface area (Å²) in [5, 5.41) is 3.62. The first-order valence-corrected chi connectivity index (χ1v) is 9.13. The van der Waals surface area contributed by atoms with Gasteiger partial charge in [-0.05, 0) is 48.5 Å². The molecule has 0 spiro atoms. The van der Waals surface area contributed by atoms with E-state index in [0.717, 1.165) is 12.1 Å². The number of ether oxygens (including phenoxy) is 1. The lowest BCUT2D eigenvalue weighted by Crippen LogP contribution is -2.15. The van der Waals surface area contributed by atoms with Crippen molar-refractivity contribution in [3.8, 4) is 11.6 Å². The minimum Gasteiger partial charge on any atom is -0.439 e. The molecule has 0 fully saturated rings. The standard InChI is InChI=1S/C20H13BrF3N3O3/c21-15-3-1-2-13(10-15)19(28)30-27-18(25)12-4-7-16(8-5-12)29-17-9-6-14(11-26-17)20(22,23)24/h1-11H,(H2,25,27). The molecule has 0 unspecified atom stereocenters. The first kappa shape index (κ1) is 21.3. The van der Waals surface area contributed by atoms with Crippen LogP contribution in [-0.2, 0) is 11.0 Å². The lowest BCUT2D eigenvalue weighted by atomic mass is 10.2. The van der Waals surface area contributed by atoms with Crippen molar-refractivity contribution >= 4 is 27.7 Å². The maximum atomic E-state index is 12.6. The zero-order chi connectivity index (χ0) is 21.7. The van der Waals surface area contributed by atoms with Crippen molar-refractivity contribution in [2.45, 2.75) is 6.18 Å². The van der Waals surface area contributed by atoms with Crippen LogP contribution in [0.1, 0.15) is 21.5 Å². The molecule has 30 heavy (non-hydrogen) atoms. The van der Waals surface area contributed by atoms with Crippen molar-refractivity contribution in [1.29, 1.82) is 0 Å². The largest absolute Gasteiger partial charge is 0.439 e. The molecule has 154 valence electrons. The molecule has 0 saturated heterocycles. The minimum absolute atomic E-state index is 0.000316. The number of benzene rings is 2. The van der Waals surface area contributed by atoms with Gasteiger partial charge in [0.05, 0.1) is 11.1 Å². The van der Waals surface area contributed by atoms with Crippen molar-refractivity contribution in [3.63, 3.8) is 0 Å². The Morgan fingerprint density at radius 2 is 1.77 bits per heavy atom. The summed E-state index contributed by atoms with van der Waals surface area (Å²) >= 11 is 3.26. The highest BCUT2D eigenvalue weighted by Gasteiger charge is 2.30. The second-order valence-electron chi connectivity index (χ2n) is 5.87. The minimum atomic E-state index is -4.47. The van der Waals surface area contributed by atoms with Gasteiger partial charge in [0.1, 0.15) is 5.75 Å². The van der Waals surface area contributed by atoms with Crippen LogP contribution >= 0.6 is 15.9 Å². The van der Waals surface area contributed by atoms with Gasteiger partial charge in [-0.25, -0.2) is 9.78 Å². The molecular weight excluding hydrogens is 467 g/mol. The number of rotatable bonds is 5. The number of carbonyl (C=O) groups is 1. The lowest BCUT2D eigenvalue weighted by molar-refractivity contribution is -0.137. The van der Waals surface area contributed by atoms with Crippen LogP contribution in [0.2, 0.25) is 0 Å². The van der Waals surface area contributed by atoms with Gasteiger partial charge >= 0.3 is 12.1 Å². The maximum Gasteiger partial charge on any atom is 0.417 e. The van der Waals surface area contributed by atoms with E-state index in [2.05, 4.69) is 26.1 Å². The van der Waals surface area contributed by atoms with Crippen molar-refractivity contribution in [2.24, 2.45) is 10.9 Å². The number of alkyl halides is 3. The molecule has 0 aliphatic heterocycles. The molecule has 0 radical (unpaired) electrons. The van der Waals surface area contributed by atoms with Crippen LogP contribution in [-0.4, -0.2) is 16.8 Å². The molecule has 3 rings (SSSR count). The Labute approximate surface area is 177 Å². The van der Waals surface area contributed by atoms with Gasteiger partial charge in [-0.15, -0.1) is 0 Å². The highest BCUT2D eigenvalue weighted by atomic mass is 79.9. The van der Waals surface area contributed by atoms with E-state index in [9.17, 15) is 18.0 Å². The Hall–Kier alpha value is -3.40. The van der Waals surface area contributed by atoms with E-state index in [0.29, 0.717) is 27.5 Å². The zero-order valence-corrected chi connectivity index (χ0v) is 16.6. The lowest BCUT2D eigenvalue weighted by Gasteiger charge is -2.08. The van der Waals surface area contributed by atoms with E-state index in [4.69, 9.17) is 15.3 Å². The number of hydrogen-bond donors (Lipinski definition) is 1. The summed E-state index contributed by atoms with van der Waals surface area (Å²) in [4.78, 5) is 20.4. The Balaban J connectivity index is 1.63. The van der Waals surface area contributed by atoms with E-state index < -0.39 is 17.7 Å². The van der Waals surface area contributed by atoms with Gasteiger partial charge in [0.2, 0.25) is 5.88 Å². The number of aromatic nitrogens is 1. The predicted octanol–water partition coefficient (Wildman–Crippen LogP) is 5.13. The molecule has 3 aromatic rings. The number of hydrogen-bond acceptors (Lipinski definition) is 5. The van der Waals surface area contributed by atoms with Crippen LogP contribution in [0, 0.1) is 0 Å². The Morgan fingerprint density at radius 1 is 1.03 bits per heavy atom. The molecule has 0 amide bonds. The van der Waals surface area contributed by atoms with Crippen molar-refractivity contribution in [1.82, 2.24) is 4.98 Å². The van der Waals surface area contributed by atoms with Crippen LogP contribution in [0.15, 0.2) is 76.5 Å². The summed E-state index contributed by atoms with van der Waals surface area (Å²) in [6, 6.07) is 14.7. The molecule has 2 aromatic carbocycles. The SMILES string of the molecule is NC(=NOC(=O)c1cccc(Br)c1)c1ccc(Oc2ccc(C(F)(F)F)cn2)cc1. The Kier molecular flexibility index (Phi) is 6.36. The van der Waals surface area contributed by atoms with Gasteiger partial charge in [-0.2, -0.15) is 13.2 Å². The van der Waals surface area contributed by atoms with Crippen LogP contribution in [0.3, 0.4) is 0 Å². The molecule has 1 heterocycles. The number of nitrogens with two attached hydrogens (primary N) is 1. The van der Waals surface area contributed by atoms with Gasteiger partial charge in [0.15, 0.2) is 5.84 Å². The molecule has 0 aliphatic carbocycles. The first-order valence-electron chi connectivity index (χ1n) is 8.34. The molecule has 0 aliphatic rings. The van der Waals surface area contributed by atoms with Crippen molar-refractivity contribution in [3.05, 3.63) is 88.0 Å². The monoisotopic (exact) mass is 479 g/mol. The molecule has 0 bridgehead atoms. The number of pyridine rings is 1. The molecule has 10 heteroatoms. The molecule has 0 saturated carbocycles. The second-order valence-corrected chi connectivity index (χ2v) is 6.79. The van der Waals surface area contributed by atoms with Crippen LogP contribution in [0.5, 0.6) is 11.6 Å². The summed E-state index contributed by atoms with van der Waals surface area (Å²) in [5.74, 6) is -0.393. The van der Waals surface area contributed by atoms with E-state index >= 15 is 0 Å². The summed E-state index contributed by atoms with van der Waals surface area (Å²) in [5.41, 5.74) is 5.69. The number of halogens is 4. The van der Waals surface area contributed by atoms with Crippen molar-refractivity contribution < 1.29 is 27.5 Å². The van der Waals surface area contributed by atoms with E-state index in [1.165, 1.54) is 12.1 Å². The molecule has 1 aromatic heterocycles. The Bertz CT molecular complexity index is 1070. The van der Waals surface area contributed by atoms with Crippen molar-refractivity contribution in [2.75, 3.05) is 0 Å². The van der Waals surface area contributed by atoms with Crippen LogP contribution < -0.4 is 10.5 Å². The highest BCUT2D eigenvalue weighted by molar-refractivity contribution is 9.10. The average Bonchev–Trinajstić information content (AvgIpc) is 2.72. The summed E-state index contributed by atoms with van der Waals surface area (Å²) in [6.07, 6.45) is -3.78. The van der Waals surface area contributed by atoms with Crippen LogP contribution in [0.4, 0.5) is 13.2 Å². The van der Waals surface area contributed by atoms with Gasteiger partial charge in [-0.3, -0.25) is 0 Å². The predicted molar refractivity (Wildman–Crippen MR) is 106 cm³/mol. The number of amidine groups is 1. The third kappa shape index (κ3) is 5.57. The van der Waals surface area contributed by atoms with Gasteiger partial charge in [0.25, 0.3) is 0 Å². The fourth-order valence-electron chi connectivity index (χ4n) is 2.23. The number of oxime groups is 1. The topological polar surface area (TPSA) is 86.8 Å². The summed E-state index contributed by atoms with van der Waals surface area (Å²) < 4.78 is 43.8. The normalized spacial score (nSPS) is 11.8. The quantitative estimate of drug-likeness (QED) is 0.237. The third-order valence-corrected chi connectivity index (χ3v) is 4.22. The summed E-state index contributed by atoms with van der Waals surface area (Å²) in [6.45, 7) is 0. The van der Waals surface area contributed by atoms with Gasteiger partial charge < -0.3 is 15.3 Å². The average molecular weight is 480 g/mol. The van der Waals surface area contributed by atoms with E-state index in [1.54, 1.807) is 36.4 Å². The fraction of sp³-hybridized carbons (Fsp3) is 0.0500. The second kappa shape index (κ2) is 8.95. The third-order valence-electron chi connectivity index (χ3n) is 3.72. The molecule has 6 nitrogen and oxygen atoms in total. The molecule has 2 N–H and O–H groups in total. The van der Waals surface area contributed by atoms with Gasteiger partial charge in [-0.1, -0.05) is 27.2 Å². The first-order chi connectivity index (χ1) is 14.2. The number of nitrogens with zero attached hydrogens (tertiary/aromatic N) is 2. The van der Waals surface area contributed by atoms with E-state index in [1.807, 2.05) is 0 Å². The van der Waals surface area contributed by atoms with Crippen LogP contribution in [0.25, 0.3) is 0 Å². The Morgan fingerprint density at radius 3 is 2.37 bits per heavy atom. The fourth-order valence-corrected chi connectivity index (χ4v) is 2.63. The highest BCUT2D eigenvalue weighted by Crippen LogP contribution is 2.30. The van der Waals surface area contributed by atoms with E-state index in [-0.39, 0.29) is 11.7 Å². The van der Waals surface area contributed by atoms with Gasteiger partial charge in [0, 0.05) is 22.3 Å². The molecular formula is C20H13BrF3N3O3. The summed E-state index contributed by atoms with van der Waals surface area (Å²) in [7, 11) is 0. The number of carbonyl (C=O) groups excluding carboxylic acids is 1. The zero-order valence-electron chi connectivity index (χ0n) is 15.1. The molecule has 0 atom stereocenters.